The average Bonchev–Trinajstić information content (AvgIpc) is 2.55. The second kappa shape index (κ2) is 4.12. The van der Waals surface area contributed by atoms with E-state index < -0.39 is 12.7 Å². The number of carbonyl (C=O) groups is 1. The van der Waals surface area contributed by atoms with E-state index in [0.717, 1.165) is 19.3 Å². The van der Waals surface area contributed by atoms with E-state index in [1.54, 1.807) is 0 Å². The van der Waals surface area contributed by atoms with Crippen molar-refractivity contribution in [2.75, 3.05) is 6.54 Å². The summed E-state index contributed by atoms with van der Waals surface area (Å²) in [7, 11) is -0.951. The molecule has 0 bridgehead atoms. The van der Waals surface area contributed by atoms with Gasteiger partial charge in [0.15, 0.2) is 0 Å². The van der Waals surface area contributed by atoms with E-state index in [0.29, 0.717) is 19.3 Å². The maximum Gasteiger partial charge on any atom is 0.524 e. The van der Waals surface area contributed by atoms with Crippen LogP contribution < -0.4 is 11.1 Å². The maximum absolute atomic E-state index is 11.8. The van der Waals surface area contributed by atoms with Gasteiger partial charge in [0.25, 0.3) is 0 Å². The molecule has 0 saturated carbocycles. The van der Waals surface area contributed by atoms with Crippen LogP contribution in [0.2, 0.25) is 6.32 Å². The Morgan fingerprint density at radius 3 is 3.07 bits per heavy atom. The van der Waals surface area contributed by atoms with Gasteiger partial charge in [0, 0.05) is 12.6 Å². The second-order valence-electron chi connectivity index (χ2n) is 4.53. The first-order valence-electron chi connectivity index (χ1n) is 5.52. The molecule has 0 aromatic heterocycles. The van der Waals surface area contributed by atoms with Crippen LogP contribution in [0.3, 0.4) is 0 Å². The summed E-state index contributed by atoms with van der Waals surface area (Å²) in [4.78, 5) is 11.8. The highest BCUT2D eigenvalue weighted by atomic mass is 16.6. The number of hydrogen-bond donors (Lipinski definition) is 3. The fourth-order valence-corrected chi connectivity index (χ4v) is 2.41. The molecule has 0 aromatic carbocycles. The summed E-state index contributed by atoms with van der Waals surface area (Å²) in [6, 6.07) is 0.00844. The van der Waals surface area contributed by atoms with Crippen LogP contribution in [0, 0.1) is 0 Å². The minimum Gasteiger partial charge on any atom is -0.508 e. The molecule has 2 rings (SSSR count). The summed E-state index contributed by atoms with van der Waals surface area (Å²) in [5.41, 5.74) is 5.16. The molecule has 84 valence electrons. The van der Waals surface area contributed by atoms with Crippen LogP contribution in [0.15, 0.2) is 0 Å². The lowest BCUT2D eigenvalue weighted by Gasteiger charge is -2.30. The average molecular weight is 212 g/mol. The Morgan fingerprint density at radius 2 is 2.40 bits per heavy atom. The topological polar surface area (TPSA) is 84.6 Å². The lowest BCUT2D eigenvalue weighted by molar-refractivity contribution is -0.143. The second-order valence-corrected chi connectivity index (χ2v) is 4.53. The number of nitrogens with two attached hydrogens (primary N) is 1. The fourth-order valence-electron chi connectivity index (χ4n) is 2.41. The standard InChI is InChI=1S/C9H17BN2O3/c11-7-5-9(12-6-7)3-1-2-4-10(14)15-8(9)13/h7,12,14H,1-6,11H2. The van der Waals surface area contributed by atoms with Crippen LogP contribution in [-0.4, -0.2) is 36.2 Å². The zero-order valence-electron chi connectivity index (χ0n) is 8.74. The summed E-state index contributed by atoms with van der Waals surface area (Å²) >= 11 is 0. The third-order valence-corrected chi connectivity index (χ3v) is 3.25. The van der Waals surface area contributed by atoms with E-state index in [9.17, 15) is 9.82 Å². The molecule has 1 spiro atoms. The van der Waals surface area contributed by atoms with Gasteiger partial charge in [0.05, 0.1) is 0 Å². The minimum absolute atomic E-state index is 0.00844. The molecule has 2 fully saturated rings. The molecule has 5 nitrogen and oxygen atoms in total. The Balaban J connectivity index is 2.10. The molecular weight excluding hydrogens is 195 g/mol. The van der Waals surface area contributed by atoms with Gasteiger partial charge >= 0.3 is 13.1 Å². The van der Waals surface area contributed by atoms with Crippen LogP contribution in [0.25, 0.3) is 0 Å². The number of nitrogens with one attached hydrogen (secondary N) is 1. The Bertz CT molecular complexity index is 264. The first kappa shape index (κ1) is 10.9. The quantitative estimate of drug-likeness (QED) is 0.460. The Labute approximate surface area is 89.5 Å². The van der Waals surface area contributed by atoms with Gasteiger partial charge in [0.2, 0.25) is 0 Å². The third kappa shape index (κ3) is 2.16. The monoisotopic (exact) mass is 212 g/mol. The van der Waals surface area contributed by atoms with Crippen molar-refractivity contribution in [1.82, 2.24) is 5.32 Å². The molecule has 2 unspecified atom stereocenters. The summed E-state index contributed by atoms with van der Waals surface area (Å²) in [6.45, 7) is 0.644. The molecule has 2 saturated heterocycles. The van der Waals surface area contributed by atoms with Crippen molar-refractivity contribution in [3.05, 3.63) is 0 Å². The van der Waals surface area contributed by atoms with Gasteiger partial charge in [0.1, 0.15) is 5.54 Å². The van der Waals surface area contributed by atoms with Crippen LogP contribution >= 0.6 is 0 Å². The first-order valence-corrected chi connectivity index (χ1v) is 5.52. The molecule has 4 N–H and O–H groups in total. The van der Waals surface area contributed by atoms with Crippen LogP contribution in [0.4, 0.5) is 0 Å². The molecule has 0 aromatic rings. The first-order chi connectivity index (χ1) is 7.12. The van der Waals surface area contributed by atoms with Gasteiger partial charge in [-0.15, -0.1) is 0 Å². The molecule has 2 aliphatic rings. The van der Waals surface area contributed by atoms with Crippen molar-refractivity contribution in [2.24, 2.45) is 5.73 Å². The molecule has 2 atom stereocenters. The molecule has 2 aliphatic heterocycles. The van der Waals surface area contributed by atoms with E-state index in [2.05, 4.69) is 5.32 Å². The molecule has 2 heterocycles. The third-order valence-electron chi connectivity index (χ3n) is 3.25. The zero-order chi connectivity index (χ0) is 10.9. The molecule has 0 amide bonds. The molecular formula is C9H17BN2O3. The van der Waals surface area contributed by atoms with Crippen molar-refractivity contribution < 1.29 is 14.5 Å². The van der Waals surface area contributed by atoms with Gasteiger partial charge in [-0.2, -0.15) is 0 Å². The minimum atomic E-state index is -0.951. The summed E-state index contributed by atoms with van der Waals surface area (Å²) in [6.07, 6.45) is 3.71. The SMILES string of the molecule is NC1CNC2(CCCCB(O)OC2=O)C1. The summed E-state index contributed by atoms with van der Waals surface area (Å²) in [5.74, 6) is -0.345. The Kier molecular flexibility index (Phi) is 3.00. The normalized spacial score (nSPS) is 37.6. The molecule has 0 aliphatic carbocycles. The van der Waals surface area contributed by atoms with Gasteiger partial charge < -0.3 is 20.7 Å². The smallest absolute Gasteiger partial charge is 0.508 e. The predicted molar refractivity (Wildman–Crippen MR) is 56.0 cm³/mol. The highest BCUT2D eigenvalue weighted by molar-refractivity contribution is 6.45. The van der Waals surface area contributed by atoms with Crippen LogP contribution in [0.5, 0.6) is 0 Å². The number of hydrogen-bond acceptors (Lipinski definition) is 5. The largest absolute Gasteiger partial charge is 0.524 e. The maximum atomic E-state index is 11.8. The van der Waals surface area contributed by atoms with E-state index in [4.69, 9.17) is 10.4 Å². The van der Waals surface area contributed by atoms with Crippen molar-refractivity contribution in [3.63, 3.8) is 0 Å². The molecule has 6 heteroatoms. The van der Waals surface area contributed by atoms with Crippen molar-refractivity contribution in [1.29, 1.82) is 0 Å². The van der Waals surface area contributed by atoms with Gasteiger partial charge in [-0.3, -0.25) is 4.79 Å². The zero-order valence-corrected chi connectivity index (χ0v) is 8.74. The molecule has 15 heavy (non-hydrogen) atoms. The van der Waals surface area contributed by atoms with E-state index >= 15 is 0 Å². The van der Waals surface area contributed by atoms with Gasteiger partial charge in [-0.1, -0.05) is 12.8 Å². The lowest BCUT2D eigenvalue weighted by atomic mass is 9.78. The van der Waals surface area contributed by atoms with Crippen LogP contribution in [0.1, 0.15) is 25.7 Å². The Hall–Kier alpha value is -0.585. The summed E-state index contributed by atoms with van der Waals surface area (Å²) < 4.78 is 4.98. The fraction of sp³-hybridized carbons (Fsp3) is 0.889. The van der Waals surface area contributed by atoms with E-state index in [1.165, 1.54) is 0 Å². The molecule has 0 radical (unpaired) electrons. The highest BCUT2D eigenvalue weighted by Gasteiger charge is 2.46. The van der Waals surface area contributed by atoms with Crippen LogP contribution in [-0.2, 0) is 9.45 Å². The number of rotatable bonds is 0. The van der Waals surface area contributed by atoms with Crippen molar-refractivity contribution in [2.45, 2.75) is 43.6 Å². The van der Waals surface area contributed by atoms with Gasteiger partial charge in [-0.05, 0) is 19.2 Å². The summed E-state index contributed by atoms with van der Waals surface area (Å²) in [5, 5.41) is 12.5. The number of carbonyl (C=O) groups excluding carboxylic acids is 1. The van der Waals surface area contributed by atoms with Crippen molar-refractivity contribution >= 4 is 13.1 Å². The van der Waals surface area contributed by atoms with Crippen molar-refractivity contribution in [3.8, 4) is 0 Å². The Morgan fingerprint density at radius 1 is 1.60 bits per heavy atom. The van der Waals surface area contributed by atoms with E-state index in [-0.39, 0.29) is 12.0 Å². The highest BCUT2D eigenvalue weighted by Crippen LogP contribution is 2.29. The van der Waals surface area contributed by atoms with Gasteiger partial charge in [-0.25, -0.2) is 0 Å². The van der Waals surface area contributed by atoms with E-state index in [1.807, 2.05) is 0 Å². The predicted octanol–water partition coefficient (Wildman–Crippen LogP) is -0.747. The lowest BCUT2D eigenvalue weighted by Crippen LogP contribution is -2.51.